The molecular weight excluding hydrogens is 262 g/mol. The first kappa shape index (κ1) is 13.6. The summed E-state index contributed by atoms with van der Waals surface area (Å²) in [7, 11) is -3.16. The summed E-state index contributed by atoms with van der Waals surface area (Å²) in [6.07, 6.45) is 3.50. The van der Waals surface area contributed by atoms with Gasteiger partial charge in [0.25, 0.3) is 0 Å². The molecule has 0 aromatic carbocycles. The maximum Gasteiger partial charge on any atom is 0.217 e. The predicted octanol–water partition coefficient (Wildman–Crippen LogP) is 1.59. The summed E-state index contributed by atoms with van der Waals surface area (Å²) in [5.41, 5.74) is 0. The standard InChI is InChI=1S/C11H20ClNO3S/c1-9-8-16-10(6-12)7-13(9)17(14,15)11-4-2-3-5-11/h9-11H,2-8H2,1H3. The molecule has 6 heteroatoms. The van der Waals surface area contributed by atoms with E-state index >= 15 is 0 Å². The Morgan fingerprint density at radius 3 is 2.59 bits per heavy atom. The summed E-state index contributed by atoms with van der Waals surface area (Å²) in [6, 6.07) is -0.0694. The number of halogens is 1. The summed E-state index contributed by atoms with van der Waals surface area (Å²) in [4.78, 5) is 0. The zero-order valence-corrected chi connectivity index (χ0v) is 11.7. The van der Waals surface area contributed by atoms with E-state index in [0.29, 0.717) is 19.0 Å². The third kappa shape index (κ3) is 2.78. The summed E-state index contributed by atoms with van der Waals surface area (Å²) < 4.78 is 32.1. The van der Waals surface area contributed by atoms with Crippen molar-refractivity contribution in [1.82, 2.24) is 4.31 Å². The molecule has 2 rings (SSSR count). The highest BCUT2D eigenvalue weighted by atomic mass is 35.5. The highest BCUT2D eigenvalue weighted by Crippen LogP contribution is 2.29. The van der Waals surface area contributed by atoms with Crippen molar-refractivity contribution in [3.05, 3.63) is 0 Å². The van der Waals surface area contributed by atoms with Crippen LogP contribution in [0, 0.1) is 0 Å². The number of alkyl halides is 1. The van der Waals surface area contributed by atoms with Gasteiger partial charge < -0.3 is 4.74 Å². The molecule has 17 heavy (non-hydrogen) atoms. The first-order valence-corrected chi connectivity index (χ1v) is 8.27. The Morgan fingerprint density at radius 2 is 2.00 bits per heavy atom. The van der Waals surface area contributed by atoms with Crippen LogP contribution in [0.5, 0.6) is 0 Å². The number of hydrogen-bond acceptors (Lipinski definition) is 3. The van der Waals surface area contributed by atoms with Crippen molar-refractivity contribution < 1.29 is 13.2 Å². The SMILES string of the molecule is CC1COC(CCl)CN1S(=O)(=O)C1CCCC1. The molecule has 0 radical (unpaired) electrons. The lowest BCUT2D eigenvalue weighted by atomic mass is 10.2. The van der Waals surface area contributed by atoms with E-state index in [0.717, 1.165) is 25.7 Å². The van der Waals surface area contributed by atoms with Crippen molar-refractivity contribution in [3.63, 3.8) is 0 Å². The van der Waals surface area contributed by atoms with Gasteiger partial charge >= 0.3 is 0 Å². The van der Waals surface area contributed by atoms with Crippen LogP contribution in [0.25, 0.3) is 0 Å². The largest absolute Gasteiger partial charge is 0.374 e. The maximum atomic E-state index is 12.5. The molecule has 0 aromatic heterocycles. The fourth-order valence-electron chi connectivity index (χ4n) is 2.62. The van der Waals surface area contributed by atoms with E-state index in [-0.39, 0.29) is 17.4 Å². The Bertz CT molecular complexity index is 354. The van der Waals surface area contributed by atoms with E-state index in [2.05, 4.69) is 0 Å². The van der Waals surface area contributed by atoms with Gasteiger partial charge in [-0.25, -0.2) is 8.42 Å². The van der Waals surface area contributed by atoms with Crippen LogP contribution in [-0.2, 0) is 14.8 Å². The second-order valence-electron chi connectivity index (χ2n) is 4.98. The van der Waals surface area contributed by atoms with Gasteiger partial charge in [0, 0.05) is 18.5 Å². The molecule has 2 atom stereocenters. The van der Waals surface area contributed by atoms with Crippen LogP contribution in [0.2, 0.25) is 0 Å². The van der Waals surface area contributed by atoms with E-state index in [4.69, 9.17) is 16.3 Å². The summed E-state index contributed by atoms with van der Waals surface area (Å²) in [6.45, 7) is 2.75. The molecule has 2 fully saturated rings. The minimum absolute atomic E-state index is 0.0694. The molecule has 1 saturated heterocycles. The van der Waals surface area contributed by atoms with Crippen LogP contribution >= 0.6 is 11.6 Å². The average molecular weight is 282 g/mol. The van der Waals surface area contributed by atoms with E-state index in [1.54, 1.807) is 4.31 Å². The molecule has 0 amide bonds. The summed E-state index contributed by atoms with van der Waals surface area (Å²) in [5, 5.41) is -0.181. The lowest BCUT2D eigenvalue weighted by Gasteiger charge is -2.37. The van der Waals surface area contributed by atoms with E-state index < -0.39 is 10.0 Å². The monoisotopic (exact) mass is 281 g/mol. The molecule has 0 spiro atoms. The number of ether oxygens (including phenoxy) is 1. The molecule has 0 N–H and O–H groups in total. The van der Waals surface area contributed by atoms with Crippen LogP contribution < -0.4 is 0 Å². The number of rotatable bonds is 3. The number of nitrogens with zero attached hydrogens (tertiary/aromatic N) is 1. The molecule has 0 bridgehead atoms. The zero-order valence-electron chi connectivity index (χ0n) is 10.1. The molecule has 1 aliphatic heterocycles. The van der Waals surface area contributed by atoms with Crippen molar-refractivity contribution in [2.75, 3.05) is 19.0 Å². The van der Waals surface area contributed by atoms with Gasteiger partial charge in [-0.05, 0) is 19.8 Å². The fraction of sp³-hybridized carbons (Fsp3) is 1.00. The van der Waals surface area contributed by atoms with E-state index in [9.17, 15) is 8.42 Å². The van der Waals surface area contributed by atoms with Gasteiger partial charge in [-0.15, -0.1) is 11.6 Å². The second kappa shape index (κ2) is 5.43. The van der Waals surface area contributed by atoms with Crippen LogP contribution in [0.15, 0.2) is 0 Å². The van der Waals surface area contributed by atoms with Gasteiger partial charge in [-0.3, -0.25) is 0 Å². The highest BCUT2D eigenvalue weighted by molar-refractivity contribution is 7.89. The Labute approximate surface area is 108 Å². The van der Waals surface area contributed by atoms with Gasteiger partial charge in [-0.2, -0.15) is 4.31 Å². The number of hydrogen-bond donors (Lipinski definition) is 0. The van der Waals surface area contributed by atoms with E-state index in [1.807, 2.05) is 6.92 Å². The molecule has 0 aromatic rings. The van der Waals surface area contributed by atoms with Crippen LogP contribution in [-0.4, -0.2) is 49.2 Å². The predicted molar refractivity (Wildman–Crippen MR) is 67.8 cm³/mol. The molecule has 2 unspecified atom stereocenters. The fourth-order valence-corrected chi connectivity index (χ4v) is 5.05. The summed E-state index contributed by atoms with van der Waals surface area (Å²) in [5.74, 6) is 0.351. The first-order valence-electron chi connectivity index (χ1n) is 6.24. The second-order valence-corrected chi connectivity index (χ2v) is 7.45. The molecule has 4 nitrogen and oxygen atoms in total. The zero-order chi connectivity index (χ0) is 12.5. The Kier molecular flexibility index (Phi) is 4.34. The average Bonchev–Trinajstić information content (AvgIpc) is 2.83. The lowest BCUT2D eigenvalue weighted by Crippen LogP contribution is -2.53. The smallest absolute Gasteiger partial charge is 0.217 e. The van der Waals surface area contributed by atoms with Crippen LogP contribution in [0.4, 0.5) is 0 Å². The summed E-state index contributed by atoms with van der Waals surface area (Å²) >= 11 is 5.76. The third-order valence-electron chi connectivity index (χ3n) is 3.67. The van der Waals surface area contributed by atoms with Crippen molar-refractivity contribution >= 4 is 21.6 Å². The van der Waals surface area contributed by atoms with Gasteiger partial charge in [0.15, 0.2) is 0 Å². The Hall–Kier alpha value is 0.160. The highest BCUT2D eigenvalue weighted by Gasteiger charge is 2.39. The molecule has 1 aliphatic carbocycles. The van der Waals surface area contributed by atoms with E-state index in [1.165, 1.54) is 0 Å². The maximum absolute atomic E-state index is 12.5. The van der Waals surface area contributed by atoms with Crippen LogP contribution in [0.1, 0.15) is 32.6 Å². The Morgan fingerprint density at radius 1 is 1.35 bits per heavy atom. The van der Waals surface area contributed by atoms with Gasteiger partial charge in [0.2, 0.25) is 10.0 Å². The first-order chi connectivity index (χ1) is 8.05. The number of sulfonamides is 1. The van der Waals surface area contributed by atoms with Crippen LogP contribution in [0.3, 0.4) is 0 Å². The minimum Gasteiger partial charge on any atom is -0.374 e. The topological polar surface area (TPSA) is 46.6 Å². The van der Waals surface area contributed by atoms with Crippen molar-refractivity contribution in [2.45, 2.75) is 50.0 Å². The normalized spacial score (nSPS) is 33.1. The Balaban J connectivity index is 2.12. The lowest BCUT2D eigenvalue weighted by molar-refractivity contribution is -0.0155. The van der Waals surface area contributed by atoms with Gasteiger partial charge in [0.1, 0.15) is 0 Å². The molecule has 100 valence electrons. The van der Waals surface area contributed by atoms with Gasteiger partial charge in [-0.1, -0.05) is 12.8 Å². The quantitative estimate of drug-likeness (QED) is 0.738. The minimum atomic E-state index is -3.16. The van der Waals surface area contributed by atoms with Crippen molar-refractivity contribution in [3.8, 4) is 0 Å². The van der Waals surface area contributed by atoms with Crippen molar-refractivity contribution in [2.24, 2.45) is 0 Å². The van der Waals surface area contributed by atoms with Gasteiger partial charge in [0.05, 0.1) is 18.0 Å². The van der Waals surface area contributed by atoms with Crippen molar-refractivity contribution in [1.29, 1.82) is 0 Å². The molecule has 1 saturated carbocycles. The molecule has 1 heterocycles. The molecule has 2 aliphatic rings. The molecular formula is C11H20ClNO3S. The third-order valence-corrected chi connectivity index (χ3v) is 6.49. The number of morpholine rings is 1.